The van der Waals surface area contributed by atoms with Gasteiger partial charge in [0.1, 0.15) is 5.54 Å². The molecule has 108 valence electrons. The van der Waals surface area contributed by atoms with Crippen LogP contribution in [0.15, 0.2) is 0 Å². The summed E-state index contributed by atoms with van der Waals surface area (Å²) in [6, 6.07) is 0.541. The van der Waals surface area contributed by atoms with Gasteiger partial charge in [0.25, 0.3) is 0 Å². The quantitative estimate of drug-likeness (QED) is 0.652. The van der Waals surface area contributed by atoms with Crippen molar-refractivity contribution in [3.05, 3.63) is 0 Å². The van der Waals surface area contributed by atoms with Crippen LogP contribution in [0, 0.1) is 0 Å². The van der Waals surface area contributed by atoms with Gasteiger partial charge in [0, 0.05) is 25.7 Å². The van der Waals surface area contributed by atoms with Gasteiger partial charge in [0.15, 0.2) is 0 Å². The highest BCUT2D eigenvalue weighted by atomic mass is 16.5. The van der Waals surface area contributed by atoms with E-state index in [9.17, 15) is 9.90 Å². The molecular weight excluding hydrogens is 232 g/mol. The average molecular weight is 260 g/mol. The van der Waals surface area contributed by atoms with Crippen molar-refractivity contribution < 1.29 is 14.6 Å². The first-order valence-electron chi connectivity index (χ1n) is 6.45. The van der Waals surface area contributed by atoms with E-state index in [2.05, 4.69) is 31.0 Å². The standard InChI is InChI=1S/C13H28N2O3/c1-10(2)15(7-8-18-6)11(3)9-13(4,14-5)12(16)17/h10-11,14H,7-9H2,1-6H3,(H,16,17). The largest absolute Gasteiger partial charge is 0.480 e. The number of hydrogen-bond donors (Lipinski definition) is 2. The van der Waals surface area contributed by atoms with E-state index in [1.54, 1.807) is 21.1 Å². The molecule has 0 aromatic heterocycles. The molecule has 2 N–H and O–H groups in total. The van der Waals surface area contributed by atoms with Crippen molar-refractivity contribution >= 4 is 5.97 Å². The Labute approximate surface area is 110 Å². The molecule has 0 aliphatic heterocycles. The molecule has 0 amide bonds. The number of methoxy groups -OCH3 is 1. The van der Waals surface area contributed by atoms with E-state index < -0.39 is 11.5 Å². The fourth-order valence-electron chi connectivity index (χ4n) is 2.19. The normalized spacial score (nSPS) is 16.9. The second kappa shape index (κ2) is 7.71. The maximum absolute atomic E-state index is 11.3. The summed E-state index contributed by atoms with van der Waals surface area (Å²) in [5.41, 5.74) is -0.889. The van der Waals surface area contributed by atoms with Crippen molar-refractivity contribution in [2.24, 2.45) is 0 Å². The summed E-state index contributed by atoms with van der Waals surface area (Å²) >= 11 is 0. The monoisotopic (exact) mass is 260 g/mol. The van der Waals surface area contributed by atoms with Crippen LogP contribution in [0.1, 0.15) is 34.1 Å². The predicted octanol–water partition coefficient (Wildman–Crippen LogP) is 1.18. The lowest BCUT2D eigenvalue weighted by molar-refractivity contribution is -0.144. The molecular formula is C13H28N2O3. The minimum absolute atomic E-state index is 0.175. The lowest BCUT2D eigenvalue weighted by atomic mass is 9.92. The lowest BCUT2D eigenvalue weighted by Gasteiger charge is -2.37. The van der Waals surface area contributed by atoms with Gasteiger partial charge in [-0.25, -0.2) is 0 Å². The molecule has 0 heterocycles. The van der Waals surface area contributed by atoms with Crippen molar-refractivity contribution in [3.8, 4) is 0 Å². The summed E-state index contributed by atoms with van der Waals surface area (Å²) in [4.78, 5) is 13.6. The summed E-state index contributed by atoms with van der Waals surface area (Å²) in [6.45, 7) is 9.49. The van der Waals surface area contributed by atoms with Crippen LogP contribution >= 0.6 is 0 Å². The van der Waals surface area contributed by atoms with Gasteiger partial charge in [-0.1, -0.05) is 0 Å². The first kappa shape index (κ1) is 17.4. The lowest BCUT2D eigenvalue weighted by Crippen LogP contribution is -2.53. The summed E-state index contributed by atoms with van der Waals surface area (Å²) in [6.07, 6.45) is 0.556. The Kier molecular flexibility index (Phi) is 7.43. The molecule has 2 atom stereocenters. The number of ether oxygens (including phenoxy) is 1. The molecule has 5 nitrogen and oxygen atoms in total. The molecule has 0 aromatic carbocycles. The first-order valence-corrected chi connectivity index (χ1v) is 6.45. The molecule has 0 aliphatic rings. The predicted molar refractivity (Wildman–Crippen MR) is 72.9 cm³/mol. The van der Waals surface area contributed by atoms with Gasteiger partial charge in [-0.3, -0.25) is 9.69 Å². The molecule has 0 aromatic rings. The molecule has 2 unspecified atom stereocenters. The third-order valence-electron chi connectivity index (χ3n) is 3.51. The van der Waals surface area contributed by atoms with E-state index in [4.69, 9.17) is 4.74 Å². The number of carboxylic acid groups (broad SMARTS) is 1. The van der Waals surface area contributed by atoms with Crippen molar-refractivity contribution in [3.63, 3.8) is 0 Å². The molecule has 0 aliphatic carbocycles. The Hall–Kier alpha value is -0.650. The Morgan fingerprint density at radius 2 is 2.00 bits per heavy atom. The maximum atomic E-state index is 11.3. The van der Waals surface area contributed by atoms with Gasteiger partial charge in [-0.05, 0) is 41.2 Å². The Morgan fingerprint density at radius 3 is 2.33 bits per heavy atom. The van der Waals surface area contributed by atoms with Crippen molar-refractivity contribution in [2.75, 3.05) is 27.3 Å². The van der Waals surface area contributed by atoms with Gasteiger partial charge < -0.3 is 15.2 Å². The zero-order valence-corrected chi connectivity index (χ0v) is 12.5. The SMILES string of the molecule is CNC(C)(CC(C)N(CCOC)C(C)C)C(=O)O. The number of carbonyl (C=O) groups is 1. The average Bonchev–Trinajstić information content (AvgIpc) is 2.28. The second-order valence-corrected chi connectivity index (χ2v) is 5.26. The third-order valence-corrected chi connectivity index (χ3v) is 3.51. The smallest absolute Gasteiger partial charge is 0.323 e. The van der Waals surface area contributed by atoms with Gasteiger partial charge in [0.2, 0.25) is 0 Å². The van der Waals surface area contributed by atoms with Crippen LogP contribution < -0.4 is 5.32 Å². The van der Waals surface area contributed by atoms with Crippen LogP contribution in [0.25, 0.3) is 0 Å². The molecule has 0 saturated carbocycles. The topological polar surface area (TPSA) is 61.8 Å². The van der Waals surface area contributed by atoms with Crippen LogP contribution in [0.5, 0.6) is 0 Å². The van der Waals surface area contributed by atoms with Crippen molar-refractivity contribution in [1.82, 2.24) is 10.2 Å². The molecule has 18 heavy (non-hydrogen) atoms. The fraction of sp³-hybridized carbons (Fsp3) is 0.923. The van der Waals surface area contributed by atoms with Crippen LogP contribution in [0.4, 0.5) is 0 Å². The van der Waals surface area contributed by atoms with Gasteiger partial charge in [0.05, 0.1) is 6.61 Å². The van der Waals surface area contributed by atoms with Crippen LogP contribution in [0.3, 0.4) is 0 Å². The number of aliphatic carboxylic acids is 1. The number of hydrogen-bond acceptors (Lipinski definition) is 4. The Balaban J connectivity index is 4.67. The first-order chi connectivity index (χ1) is 8.28. The molecule has 0 spiro atoms. The summed E-state index contributed by atoms with van der Waals surface area (Å²) in [5, 5.41) is 12.2. The van der Waals surface area contributed by atoms with Crippen LogP contribution in [0.2, 0.25) is 0 Å². The van der Waals surface area contributed by atoms with E-state index in [1.807, 2.05) is 0 Å². The molecule has 0 bridgehead atoms. The number of likely N-dealkylation sites (N-methyl/N-ethyl adjacent to an activating group) is 1. The van der Waals surface area contributed by atoms with E-state index >= 15 is 0 Å². The Morgan fingerprint density at radius 1 is 1.44 bits per heavy atom. The zero-order valence-electron chi connectivity index (χ0n) is 12.5. The summed E-state index contributed by atoms with van der Waals surface area (Å²) < 4.78 is 5.10. The molecule has 0 radical (unpaired) electrons. The zero-order chi connectivity index (χ0) is 14.3. The fourth-order valence-corrected chi connectivity index (χ4v) is 2.19. The molecule has 0 fully saturated rings. The van der Waals surface area contributed by atoms with E-state index in [-0.39, 0.29) is 6.04 Å². The third kappa shape index (κ3) is 4.92. The van der Waals surface area contributed by atoms with E-state index in [0.29, 0.717) is 19.1 Å². The van der Waals surface area contributed by atoms with E-state index in [1.165, 1.54) is 0 Å². The second-order valence-electron chi connectivity index (χ2n) is 5.26. The van der Waals surface area contributed by atoms with Gasteiger partial charge in [-0.15, -0.1) is 0 Å². The maximum Gasteiger partial charge on any atom is 0.323 e. The van der Waals surface area contributed by atoms with Crippen molar-refractivity contribution in [1.29, 1.82) is 0 Å². The molecule has 0 saturated heterocycles. The highest BCUT2D eigenvalue weighted by molar-refractivity contribution is 5.78. The van der Waals surface area contributed by atoms with Crippen molar-refractivity contribution in [2.45, 2.75) is 51.7 Å². The number of nitrogens with zero attached hydrogens (tertiary/aromatic N) is 1. The van der Waals surface area contributed by atoms with Gasteiger partial charge in [-0.2, -0.15) is 0 Å². The van der Waals surface area contributed by atoms with Crippen LogP contribution in [-0.2, 0) is 9.53 Å². The summed E-state index contributed by atoms with van der Waals surface area (Å²) in [7, 11) is 3.37. The number of nitrogens with one attached hydrogen (secondary N) is 1. The minimum Gasteiger partial charge on any atom is -0.480 e. The minimum atomic E-state index is -0.889. The number of rotatable bonds is 9. The molecule has 5 heteroatoms. The highest BCUT2D eigenvalue weighted by Gasteiger charge is 2.34. The highest BCUT2D eigenvalue weighted by Crippen LogP contribution is 2.18. The van der Waals surface area contributed by atoms with E-state index in [0.717, 1.165) is 6.54 Å². The molecule has 0 rings (SSSR count). The summed E-state index contributed by atoms with van der Waals surface area (Å²) in [5.74, 6) is -0.813. The van der Waals surface area contributed by atoms with Gasteiger partial charge >= 0.3 is 5.97 Å². The number of carboxylic acids is 1. The van der Waals surface area contributed by atoms with Crippen LogP contribution in [-0.4, -0.2) is 60.9 Å². The Bertz CT molecular complexity index is 259.